The molecule has 0 aliphatic carbocycles. The zero-order chi connectivity index (χ0) is 31.4. The average molecular weight is 595 g/mol. The lowest BCUT2D eigenvalue weighted by molar-refractivity contribution is 0.381. The first-order chi connectivity index (χ1) is 20.1. The molecular weight excluding hydrogens is 563 g/mol. The van der Waals surface area contributed by atoms with E-state index in [-0.39, 0.29) is 17.0 Å². The van der Waals surface area contributed by atoms with Gasteiger partial charge in [0, 0.05) is 47.5 Å². The molecule has 5 aromatic rings. The minimum Gasteiger partial charge on any atom is -0.457 e. The van der Waals surface area contributed by atoms with Gasteiger partial charge in [-0.05, 0) is 24.3 Å². The number of benzene rings is 3. The van der Waals surface area contributed by atoms with Crippen LogP contribution in [0.2, 0.25) is 0 Å². The molecule has 0 fully saturated rings. The summed E-state index contributed by atoms with van der Waals surface area (Å²) in [6, 6.07) is 14.3. The summed E-state index contributed by atoms with van der Waals surface area (Å²) in [6.07, 6.45) is 3.55. The Morgan fingerprint density at radius 3 is 1.84 bits per heavy atom. The highest BCUT2D eigenvalue weighted by Crippen LogP contribution is 2.44. The molecule has 2 aromatic heterocycles. The highest BCUT2D eigenvalue weighted by atomic mass is 19.2. The third-order valence-corrected chi connectivity index (χ3v) is 6.98. The molecular formula is C33H31F5N4O. The van der Waals surface area contributed by atoms with Gasteiger partial charge < -0.3 is 9.30 Å². The van der Waals surface area contributed by atoms with Gasteiger partial charge in [-0.1, -0.05) is 59.7 Å². The third kappa shape index (κ3) is 5.42. The van der Waals surface area contributed by atoms with Gasteiger partial charge in [0.2, 0.25) is 5.82 Å². The van der Waals surface area contributed by atoms with E-state index < -0.39 is 45.5 Å². The van der Waals surface area contributed by atoms with Gasteiger partial charge in [0.1, 0.15) is 17.3 Å². The Labute approximate surface area is 246 Å². The van der Waals surface area contributed by atoms with E-state index in [0.29, 0.717) is 17.2 Å². The van der Waals surface area contributed by atoms with E-state index in [2.05, 4.69) is 4.98 Å². The molecule has 5 rings (SSSR count). The second-order valence-corrected chi connectivity index (χ2v) is 12.4. The van der Waals surface area contributed by atoms with Crippen molar-refractivity contribution in [2.45, 2.75) is 52.4 Å². The van der Waals surface area contributed by atoms with Crippen molar-refractivity contribution in [1.82, 2.24) is 19.3 Å². The molecule has 0 spiro atoms. The van der Waals surface area contributed by atoms with E-state index in [1.165, 1.54) is 4.68 Å². The van der Waals surface area contributed by atoms with E-state index in [9.17, 15) is 13.2 Å². The molecule has 0 aliphatic heterocycles. The number of rotatable bonds is 5. The van der Waals surface area contributed by atoms with Crippen LogP contribution in [-0.2, 0) is 17.9 Å². The summed E-state index contributed by atoms with van der Waals surface area (Å²) in [7, 11) is 1.89. The van der Waals surface area contributed by atoms with Gasteiger partial charge in [-0.3, -0.25) is 0 Å². The van der Waals surface area contributed by atoms with Gasteiger partial charge in [-0.25, -0.2) is 31.6 Å². The quantitative estimate of drug-likeness (QED) is 0.116. The van der Waals surface area contributed by atoms with Gasteiger partial charge in [0.25, 0.3) is 0 Å². The monoisotopic (exact) mass is 594 g/mol. The van der Waals surface area contributed by atoms with Gasteiger partial charge in [0.05, 0.1) is 22.6 Å². The molecule has 0 amide bonds. The average Bonchev–Trinajstić information content (AvgIpc) is 3.55. The maximum Gasteiger partial charge on any atom is 0.200 e. The Kier molecular flexibility index (Phi) is 7.44. The van der Waals surface area contributed by atoms with Crippen LogP contribution in [0.15, 0.2) is 60.9 Å². The van der Waals surface area contributed by atoms with Gasteiger partial charge in [-0.15, -0.1) is 0 Å². The molecule has 224 valence electrons. The smallest absolute Gasteiger partial charge is 0.200 e. The van der Waals surface area contributed by atoms with Crippen molar-refractivity contribution in [1.29, 1.82) is 0 Å². The van der Waals surface area contributed by atoms with Crippen molar-refractivity contribution < 1.29 is 26.7 Å². The molecule has 5 nitrogen and oxygen atoms in total. The number of imidazole rings is 1. The standard InChI is InChI=1S/C33H31F5N4O/c1-32(2,3)29-23(22-24(34)26(36)28(38)27(37)25(22)35)30(33(4,5)6)42(40-29)19-11-9-13-21(17-19)43-20-12-8-10-18(16-20)31-39-14-15-41(31)7/h8-17H,1-7H3. The highest BCUT2D eigenvalue weighted by Gasteiger charge is 2.38. The van der Waals surface area contributed by atoms with Crippen molar-refractivity contribution >= 4 is 0 Å². The molecule has 0 saturated heterocycles. The molecule has 0 saturated carbocycles. The van der Waals surface area contributed by atoms with Crippen LogP contribution in [0.5, 0.6) is 11.5 Å². The summed E-state index contributed by atoms with van der Waals surface area (Å²) in [5, 5.41) is 4.74. The fourth-order valence-electron chi connectivity index (χ4n) is 5.04. The van der Waals surface area contributed by atoms with E-state index >= 15 is 8.78 Å². The molecule has 0 unspecified atom stereocenters. The summed E-state index contributed by atoms with van der Waals surface area (Å²) in [4.78, 5) is 4.38. The Bertz CT molecular complexity index is 1810. The zero-order valence-electron chi connectivity index (χ0n) is 24.9. The first-order valence-electron chi connectivity index (χ1n) is 13.6. The van der Waals surface area contributed by atoms with Crippen molar-refractivity contribution in [2.75, 3.05) is 0 Å². The summed E-state index contributed by atoms with van der Waals surface area (Å²) in [5.41, 5.74) is -1.05. The normalized spacial score (nSPS) is 12.2. The highest BCUT2D eigenvalue weighted by molar-refractivity contribution is 5.74. The van der Waals surface area contributed by atoms with Crippen LogP contribution < -0.4 is 4.74 Å². The predicted octanol–water partition coefficient (Wildman–Crippen LogP) is 9.02. The number of aryl methyl sites for hydroxylation is 1. The summed E-state index contributed by atoms with van der Waals surface area (Å²) in [6.45, 7) is 10.6. The van der Waals surface area contributed by atoms with Crippen LogP contribution in [0.4, 0.5) is 22.0 Å². The van der Waals surface area contributed by atoms with E-state index in [0.717, 1.165) is 11.4 Å². The summed E-state index contributed by atoms with van der Waals surface area (Å²) in [5.74, 6) is -8.28. The molecule has 0 radical (unpaired) electrons. The number of ether oxygens (including phenoxy) is 1. The predicted molar refractivity (Wildman–Crippen MR) is 155 cm³/mol. The lowest BCUT2D eigenvalue weighted by Crippen LogP contribution is -2.20. The Balaban J connectivity index is 1.69. The Morgan fingerprint density at radius 2 is 1.28 bits per heavy atom. The SMILES string of the molecule is Cn1ccnc1-c1cccc(Oc2cccc(-n3nc(C(C)(C)C)c(-c4c(F)c(F)c(F)c(F)c4F)c3C(C)(C)C)c2)c1. The first kappa shape index (κ1) is 30.0. The first-order valence-corrected chi connectivity index (χ1v) is 13.6. The van der Waals surface area contributed by atoms with Crippen molar-refractivity contribution in [2.24, 2.45) is 7.05 Å². The maximum atomic E-state index is 15.3. The van der Waals surface area contributed by atoms with E-state index in [1.54, 1.807) is 78.1 Å². The third-order valence-electron chi connectivity index (χ3n) is 6.98. The second kappa shape index (κ2) is 10.7. The van der Waals surface area contributed by atoms with E-state index in [1.807, 2.05) is 36.0 Å². The molecule has 0 N–H and O–H groups in total. The Morgan fingerprint density at radius 1 is 0.698 bits per heavy atom. The summed E-state index contributed by atoms with van der Waals surface area (Å²) >= 11 is 0. The maximum absolute atomic E-state index is 15.3. The molecule has 3 aromatic carbocycles. The number of hydrogen-bond acceptors (Lipinski definition) is 3. The number of nitrogens with zero attached hydrogens (tertiary/aromatic N) is 4. The van der Waals surface area contributed by atoms with Crippen molar-refractivity contribution in [3.8, 4) is 39.7 Å². The van der Waals surface area contributed by atoms with Gasteiger partial charge in [-0.2, -0.15) is 5.10 Å². The summed E-state index contributed by atoms with van der Waals surface area (Å²) < 4.78 is 83.2. The minimum atomic E-state index is -2.21. The van der Waals surface area contributed by atoms with Crippen molar-refractivity contribution in [3.63, 3.8) is 0 Å². The molecule has 2 heterocycles. The van der Waals surface area contributed by atoms with Gasteiger partial charge in [0.15, 0.2) is 23.3 Å². The molecule has 0 atom stereocenters. The van der Waals surface area contributed by atoms with Crippen LogP contribution in [0.25, 0.3) is 28.2 Å². The van der Waals surface area contributed by atoms with E-state index in [4.69, 9.17) is 9.84 Å². The molecule has 10 heteroatoms. The van der Waals surface area contributed by atoms with Crippen LogP contribution in [0.1, 0.15) is 52.9 Å². The van der Waals surface area contributed by atoms with Crippen LogP contribution in [0, 0.1) is 29.1 Å². The molecule has 0 bridgehead atoms. The number of halogens is 5. The van der Waals surface area contributed by atoms with Gasteiger partial charge >= 0.3 is 0 Å². The lowest BCUT2D eigenvalue weighted by Gasteiger charge is -2.24. The van der Waals surface area contributed by atoms with Crippen LogP contribution >= 0.6 is 0 Å². The fraction of sp³-hybridized carbons (Fsp3) is 0.273. The molecule has 0 aliphatic rings. The van der Waals surface area contributed by atoms with Crippen molar-refractivity contribution in [3.05, 3.63) is 101 Å². The zero-order valence-corrected chi connectivity index (χ0v) is 24.9. The molecule has 43 heavy (non-hydrogen) atoms. The largest absolute Gasteiger partial charge is 0.457 e. The fourth-order valence-corrected chi connectivity index (χ4v) is 5.04. The van der Waals surface area contributed by atoms with Crippen LogP contribution in [-0.4, -0.2) is 19.3 Å². The second-order valence-electron chi connectivity index (χ2n) is 12.4. The van der Waals surface area contributed by atoms with Crippen LogP contribution in [0.3, 0.4) is 0 Å². The number of hydrogen-bond donors (Lipinski definition) is 0. The minimum absolute atomic E-state index is 0.137. The number of aromatic nitrogens is 4. The topological polar surface area (TPSA) is 44.9 Å². The lowest BCUT2D eigenvalue weighted by atomic mass is 9.80. The Hall–Kier alpha value is -4.47.